The van der Waals surface area contributed by atoms with Crippen LogP contribution in [0, 0.1) is 141 Å². The van der Waals surface area contributed by atoms with Gasteiger partial charge in [-0.1, -0.05) is 57.7 Å². The van der Waals surface area contributed by atoms with Gasteiger partial charge in [0.2, 0.25) is 0 Å². The molecule has 1 saturated heterocycles. The lowest BCUT2D eigenvalue weighted by atomic mass is 9.44. The number of methoxy groups -OCH3 is 1. The molecule has 1 aromatic rings. The van der Waals surface area contributed by atoms with Crippen LogP contribution >= 0.6 is 0 Å². The van der Waals surface area contributed by atoms with E-state index in [1.807, 2.05) is 51.1 Å². The van der Waals surface area contributed by atoms with Gasteiger partial charge in [-0.3, -0.25) is 4.90 Å². The SMILES string of the molecule is COCCOCCN1CC2C3=C4C5=C6C7C(C=C8CC9CC%10C=C%11CC%12CC(=C%13C4C4C5C5C7C8C7C9C%10C8C%11C(C%13%12)C4C8C57)C3)CC62C1c1cccc(F)c1. The monoisotopic (exact) mass is 743 g/mol. The zero-order chi connectivity index (χ0) is 35.6. The number of fused-ring (bicyclic) bond motifs is 1. The average molecular weight is 744 g/mol. The van der Waals surface area contributed by atoms with Crippen LogP contribution in [0.2, 0.25) is 0 Å². The lowest BCUT2D eigenvalue weighted by molar-refractivity contribution is -0.108. The van der Waals surface area contributed by atoms with E-state index in [0.717, 1.165) is 138 Å². The highest BCUT2D eigenvalue weighted by atomic mass is 19.1. The number of halogens is 1. The Morgan fingerprint density at radius 2 is 1.55 bits per heavy atom. The van der Waals surface area contributed by atoms with Crippen molar-refractivity contribution in [2.24, 2.45) is 136 Å². The predicted molar refractivity (Wildman–Crippen MR) is 208 cm³/mol. The van der Waals surface area contributed by atoms with Gasteiger partial charge >= 0.3 is 0 Å². The molecule has 286 valence electrons. The minimum Gasteiger partial charge on any atom is -0.382 e. The van der Waals surface area contributed by atoms with Crippen molar-refractivity contribution < 1.29 is 13.9 Å². The molecule has 0 N–H and O–H groups in total. The van der Waals surface area contributed by atoms with Crippen LogP contribution < -0.4 is 0 Å². The second-order valence-electron chi connectivity index (χ2n) is 23.5. The maximum Gasteiger partial charge on any atom is 0.123 e. The summed E-state index contributed by atoms with van der Waals surface area (Å²) in [6.07, 6.45) is 14.5. The second-order valence-corrected chi connectivity index (χ2v) is 23.5. The maximum absolute atomic E-state index is 15.6. The fraction of sp³-hybridized carbons (Fsp3) is 0.692. The van der Waals surface area contributed by atoms with Crippen molar-refractivity contribution in [2.45, 2.75) is 44.6 Å². The molecule has 11 fully saturated rings. The summed E-state index contributed by atoms with van der Waals surface area (Å²) in [6.45, 7) is 4.06. The molecule has 3 nitrogen and oxygen atoms in total. The van der Waals surface area contributed by atoms with E-state index in [0.29, 0.717) is 25.0 Å². The Bertz CT molecular complexity index is 2350. The van der Waals surface area contributed by atoms with Crippen molar-refractivity contribution in [1.82, 2.24) is 4.90 Å². The number of ether oxygens (including phenoxy) is 2. The Kier molecular flexibility index (Phi) is 4.84. The van der Waals surface area contributed by atoms with Gasteiger partial charge in [0.25, 0.3) is 0 Å². The predicted octanol–water partition coefficient (Wildman–Crippen LogP) is 8.69. The van der Waals surface area contributed by atoms with Gasteiger partial charge in [-0.05, 0) is 186 Å². The maximum atomic E-state index is 15.6. The van der Waals surface area contributed by atoms with E-state index in [1.165, 1.54) is 44.1 Å². The molecule has 1 heterocycles. The fourth-order valence-corrected chi connectivity index (χ4v) is 24.0. The number of allylic oxidation sites excluding steroid dienone is 8. The zero-order valence-corrected chi connectivity index (χ0v) is 32.7. The van der Waals surface area contributed by atoms with Crippen LogP contribution in [0.3, 0.4) is 0 Å². The first-order valence-corrected chi connectivity index (χ1v) is 23.8. The summed E-state index contributed by atoms with van der Waals surface area (Å²) >= 11 is 0. The van der Waals surface area contributed by atoms with E-state index >= 15 is 4.39 Å². The minimum atomic E-state index is -0.0556. The molecule has 17 aliphatic rings. The van der Waals surface area contributed by atoms with Gasteiger partial charge in [-0.25, -0.2) is 4.39 Å². The van der Waals surface area contributed by atoms with E-state index in [4.69, 9.17) is 9.47 Å². The molecule has 56 heavy (non-hydrogen) atoms. The molecule has 1 aromatic carbocycles. The Hall–Kier alpha value is -2.27. The standard InChI is InChI=1S/C52H54FNO2/c1-55-7-8-56-6-5-54-18-29-28-16-25-13-22-11-23-10-20-9-21-12-24-14-26-17-52(29,51(54)19-3-2-4-27(53)15-19)50-36(26)41-35(24)40-31(21)30(20)38-34(23)39-32(22)33(25)42-37(28)49(50)48-46(41)44(40)43(38)45(39)47(42)48/h2-4,10,14-15,20-22,26,29-32,34-36,38-48,51H,5-9,11-13,16-18H2,1H3. The second kappa shape index (κ2) is 9.07. The van der Waals surface area contributed by atoms with E-state index in [2.05, 4.69) is 28.7 Å². The fourth-order valence-electron chi connectivity index (χ4n) is 24.0. The smallest absolute Gasteiger partial charge is 0.123 e. The van der Waals surface area contributed by atoms with E-state index < -0.39 is 0 Å². The van der Waals surface area contributed by atoms with Gasteiger partial charge in [0.15, 0.2) is 0 Å². The average Bonchev–Trinajstić information content (AvgIpc) is 4.05. The topological polar surface area (TPSA) is 21.7 Å². The molecule has 1 spiro atoms. The van der Waals surface area contributed by atoms with Gasteiger partial charge in [0.05, 0.1) is 19.8 Å². The molecule has 1 aliphatic heterocycles. The molecule has 4 heteroatoms. The van der Waals surface area contributed by atoms with Crippen LogP contribution in [0.5, 0.6) is 0 Å². The summed E-state index contributed by atoms with van der Waals surface area (Å²) in [5, 5.41) is 0. The quantitative estimate of drug-likeness (QED) is 0.206. The Balaban J connectivity index is 0.937. The van der Waals surface area contributed by atoms with Crippen LogP contribution in [-0.4, -0.2) is 44.9 Å². The van der Waals surface area contributed by atoms with Crippen molar-refractivity contribution in [3.63, 3.8) is 0 Å². The molecular formula is C52H54FNO2. The summed E-state index contributed by atoms with van der Waals surface area (Å²) in [5.41, 5.74) is 17.5. The molecule has 0 amide bonds. The highest BCUT2D eigenvalue weighted by Gasteiger charge is 2.86. The van der Waals surface area contributed by atoms with Crippen molar-refractivity contribution in [1.29, 1.82) is 0 Å². The van der Waals surface area contributed by atoms with Crippen LogP contribution in [0.4, 0.5) is 4.39 Å². The molecule has 0 radical (unpaired) electrons. The Morgan fingerprint density at radius 3 is 2.45 bits per heavy atom. The summed E-state index contributed by atoms with van der Waals surface area (Å²) in [4.78, 5) is 2.86. The largest absolute Gasteiger partial charge is 0.382 e. The van der Waals surface area contributed by atoms with Crippen molar-refractivity contribution >= 4 is 0 Å². The number of benzene rings is 1. The minimum absolute atomic E-state index is 0.0556. The first-order chi connectivity index (χ1) is 27.7. The van der Waals surface area contributed by atoms with E-state index in [1.54, 1.807) is 13.2 Å². The molecule has 0 bridgehead atoms. The lowest BCUT2D eigenvalue weighted by Gasteiger charge is -2.60. The molecule has 18 rings (SSSR count). The number of hydrogen-bond donors (Lipinski definition) is 0. The first-order valence-electron chi connectivity index (χ1n) is 23.8. The lowest BCUT2D eigenvalue weighted by Crippen LogP contribution is -2.56. The van der Waals surface area contributed by atoms with Gasteiger partial charge in [0, 0.05) is 43.5 Å². The Labute approximate surface area is 330 Å². The van der Waals surface area contributed by atoms with Crippen LogP contribution in [0.25, 0.3) is 0 Å². The van der Waals surface area contributed by atoms with E-state index in [-0.39, 0.29) is 17.3 Å². The van der Waals surface area contributed by atoms with Gasteiger partial charge in [0.1, 0.15) is 5.82 Å². The number of nitrogens with zero attached hydrogens (tertiary/aromatic N) is 1. The third-order valence-corrected chi connectivity index (χ3v) is 23.3. The van der Waals surface area contributed by atoms with Gasteiger partial charge < -0.3 is 9.47 Å². The summed E-state index contributed by atoms with van der Waals surface area (Å²) in [6, 6.07) is 8.26. The van der Waals surface area contributed by atoms with Crippen molar-refractivity contribution in [3.8, 4) is 0 Å². The summed E-state index contributed by atoms with van der Waals surface area (Å²) in [7, 11) is 1.77. The summed E-state index contributed by atoms with van der Waals surface area (Å²) in [5.74, 6) is 19.8. The highest BCUT2D eigenvalue weighted by Crippen LogP contribution is 2.91. The molecule has 10 saturated carbocycles. The van der Waals surface area contributed by atoms with Crippen LogP contribution in [0.15, 0.2) is 81.0 Å². The van der Waals surface area contributed by atoms with Gasteiger partial charge in [-0.2, -0.15) is 0 Å². The zero-order valence-electron chi connectivity index (χ0n) is 32.7. The molecule has 0 aromatic heterocycles. The molecule has 24 unspecified atom stereocenters. The molecular weight excluding hydrogens is 690 g/mol. The first kappa shape index (κ1) is 29.9. The highest BCUT2D eigenvalue weighted by molar-refractivity contribution is 5.68. The molecule has 16 aliphatic carbocycles. The Morgan fingerprint density at radius 1 is 0.750 bits per heavy atom. The third kappa shape index (κ3) is 2.71. The van der Waals surface area contributed by atoms with Crippen LogP contribution in [-0.2, 0) is 9.47 Å². The van der Waals surface area contributed by atoms with E-state index in [9.17, 15) is 0 Å². The van der Waals surface area contributed by atoms with Crippen molar-refractivity contribution in [3.05, 3.63) is 92.4 Å². The summed E-state index contributed by atoms with van der Waals surface area (Å²) < 4.78 is 27.3. The number of likely N-dealkylation sites (tertiary alicyclic amines) is 1. The number of hydrogen-bond acceptors (Lipinski definition) is 3. The van der Waals surface area contributed by atoms with Gasteiger partial charge in [-0.15, -0.1) is 0 Å². The van der Waals surface area contributed by atoms with Crippen molar-refractivity contribution in [2.75, 3.05) is 40.0 Å². The normalized spacial score (nSPS) is 60.1. The van der Waals surface area contributed by atoms with Crippen LogP contribution in [0.1, 0.15) is 50.1 Å². The third-order valence-electron chi connectivity index (χ3n) is 23.3. The molecule has 24 atom stereocenters. The number of rotatable bonds is 7.